The molecule has 2 heterocycles. The number of carbonyl (C=O) groups excluding carboxylic acids is 1. The van der Waals surface area contributed by atoms with Gasteiger partial charge in [0.1, 0.15) is 12.2 Å². The Balaban J connectivity index is 2.56. The third kappa shape index (κ3) is 1.96. The molecule has 0 unspecified atom stereocenters. The monoisotopic (exact) mass is 234 g/mol. The van der Waals surface area contributed by atoms with Gasteiger partial charge >= 0.3 is 11.9 Å². The molecule has 6 heteroatoms. The fourth-order valence-corrected chi connectivity index (χ4v) is 1.58. The number of methoxy groups -OCH3 is 1. The second-order valence-corrected chi connectivity index (χ2v) is 3.39. The van der Waals surface area contributed by atoms with Crippen LogP contribution in [0.2, 0.25) is 0 Å². The van der Waals surface area contributed by atoms with E-state index in [0.29, 0.717) is 11.3 Å². The number of fused-ring (bicyclic) bond motifs is 1. The molecule has 0 aliphatic rings. The Kier molecular flexibility index (Phi) is 2.78. The van der Waals surface area contributed by atoms with Crippen molar-refractivity contribution in [1.82, 2.24) is 9.38 Å². The van der Waals surface area contributed by atoms with E-state index in [2.05, 4.69) is 9.72 Å². The number of aromatic nitrogens is 2. The van der Waals surface area contributed by atoms with Gasteiger partial charge in [0, 0.05) is 6.20 Å². The first-order valence-corrected chi connectivity index (χ1v) is 4.89. The summed E-state index contributed by atoms with van der Waals surface area (Å²) in [4.78, 5) is 26.1. The molecule has 0 spiro atoms. The minimum absolute atomic E-state index is 0.0606. The number of carbonyl (C=O) groups is 2. The highest BCUT2D eigenvalue weighted by molar-refractivity contribution is 5.93. The van der Waals surface area contributed by atoms with Crippen LogP contribution < -0.4 is 0 Å². The van der Waals surface area contributed by atoms with Crippen LogP contribution in [0.1, 0.15) is 16.3 Å². The number of ether oxygens (including phenoxy) is 1. The molecule has 0 aliphatic carbocycles. The zero-order valence-electron chi connectivity index (χ0n) is 9.08. The van der Waals surface area contributed by atoms with Crippen LogP contribution >= 0.6 is 0 Å². The van der Waals surface area contributed by atoms with Crippen LogP contribution in [0, 0.1) is 0 Å². The van der Waals surface area contributed by atoms with Crippen LogP contribution in [-0.4, -0.2) is 33.5 Å². The van der Waals surface area contributed by atoms with Crippen molar-refractivity contribution in [2.75, 3.05) is 7.11 Å². The third-order valence-electron chi connectivity index (χ3n) is 2.35. The number of imidazole rings is 1. The number of hydrogen-bond acceptors (Lipinski definition) is 4. The summed E-state index contributed by atoms with van der Waals surface area (Å²) in [6, 6.07) is 5.09. The molecule has 1 N–H and O–H groups in total. The number of hydrogen-bond donors (Lipinski definition) is 1. The van der Waals surface area contributed by atoms with Crippen LogP contribution in [0.3, 0.4) is 0 Å². The van der Waals surface area contributed by atoms with Gasteiger partial charge in [0.25, 0.3) is 0 Å². The molecule has 2 rings (SSSR count). The number of aromatic carboxylic acids is 1. The zero-order valence-corrected chi connectivity index (χ0v) is 9.08. The highest BCUT2D eigenvalue weighted by atomic mass is 16.5. The van der Waals surface area contributed by atoms with E-state index in [1.165, 1.54) is 7.11 Å². The maximum absolute atomic E-state index is 11.2. The topological polar surface area (TPSA) is 80.9 Å². The lowest BCUT2D eigenvalue weighted by Gasteiger charge is -1.99. The number of carboxylic acids is 1. The van der Waals surface area contributed by atoms with Gasteiger partial charge in [-0.05, 0) is 12.1 Å². The second kappa shape index (κ2) is 4.25. The van der Waals surface area contributed by atoms with Crippen molar-refractivity contribution in [1.29, 1.82) is 0 Å². The molecule has 0 fully saturated rings. The van der Waals surface area contributed by atoms with Crippen molar-refractivity contribution in [3.05, 3.63) is 35.9 Å². The maximum Gasteiger partial charge on any atom is 0.356 e. The van der Waals surface area contributed by atoms with Gasteiger partial charge in [-0.1, -0.05) is 6.07 Å². The second-order valence-electron chi connectivity index (χ2n) is 3.39. The van der Waals surface area contributed by atoms with Gasteiger partial charge in [0.15, 0.2) is 5.69 Å². The van der Waals surface area contributed by atoms with Gasteiger partial charge in [-0.25, -0.2) is 9.78 Å². The normalized spacial score (nSPS) is 10.4. The van der Waals surface area contributed by atoms with Crippen LogP contribution in [0.4, 0.5) is 0 Å². The van der Waals surface area contributed by atoms with Gasteiger partial charge in [0.05, 0.1) is 12.6 Å². The molecule has 17 heavy (non-hydrogen) atoms. The van der Waals surface area contributed by atoms with Gasteiger partial charge in [0.2, 0.25) is 0 Å². The molecule has 6 nitrogen and oxygen atoms in total. The Morgan fingerprint density at radius 3 is 2.88 bits per heavy atom. The number of esters is 1. The Hall–Kier alpha value is -2.37. The van der Waals surface area contributed by atoms with E-state index in [-0.39, 0.29) is 12.1 Å². The largest absolute Gasteiger partial charge is 0.476 e. The van der Waals surface area contributed by atoms with Crippen LogP contribution in [0.25, 0.3) is 5.52 Å². The van der Waals surface area contributed by atoms with Crippen LogP contribution in [-0.2, 0) is 16.0 Å². The van der Waals surface area contributed by atoms with E-state index in [1.54, 1.807) is 28.8 Å². The van der Waals surface area contributed by atoms with Crippen molar-refractivity contribution in [2.24, 2.45) is 0 Å². The number of rotatable bonds is 3. The molecular weight excluding hydrogens is 224 g/mol. The summed E-state index contributed by atoms with van der Waals surface area (Å²) in [6.45, 7) is 0. The smallest absolute Gasteiger partial charge is 0.356 e. The minimum atomic E-state index is -1.12. The molecule has 0 amide bonds. The Bertz CT molecular complexity index is 588. The number of pyridine rings is 1. The number of nitrogens with zero attached hydrogens (tertiary/aromatic N) is 2. The summed E-state index contributed by atoms with van der Waals surface area (Å²) < 4.78 is 6.10. The predicted octanol–water partition coefficient (Wildman–Crippen LogP) is 0.748. The van der Waals surface area contributed by atoms with E-state index in [4.69, 9.17) is 5.11 Å². The molecule has 0 atom stereocenters. The average molecular weight is 234 g/mol. The van der Waals surface area contributed by atoms with Crippen LogP contribution in [0.5, 0.6) is 0 Å². The van der Waals surface area contributed by atoms with Gasteiger partial charge in [-0.3, -0.25) is 4.79 Å². The lowest BCUT2D eigenvalue weighted by Crippen LogP contribution is -2.07. The lowest BCUT2D eigenvalue weighted by atomic mass is 10.3. The highest BCUT2D eigenvalue weighted by Crippen LogP contribution is 2.13. The van der Waals surface area contributed by atoms with E-state index in [1.807, 2.05) is 0 Å². The van der Waals surface area contributed by atoms with Crippen molar-refractivity contribution >= 4 is 17.5 Å². The van der Waals surface area contributed by atoms with Crippen molar-refractivity contribution < 1.29 is 19.4 Å². The van der Waals surface area contributed by atoms with Crippen molar-refractivity contribution in [3.63, 3.8) is 0 Å². The first-order chi connectivity index (χ1) is 8.13. The first kappa shape index (κ1) is 11.1. The Morgan fingerprint density at radius 1 is 1.47 bits per heavy atom. The molecule has 88 valence electrons. The standard InChI is InChI=1S/C11H10N2O4/c1-17-9(14)6-8-12-10(11(15)16)7-4-2-3-5-13(7)8/h2-5H,6H2,1H3,(H,15,16). The average Bonchev–Trinajstić information content (AvgIpc) is 2.68. The van der Waals surface area contributed by atoms with Crippen molar-refractivity contribution in [3.8, 4) is 0 Å². The van der Waals surface area contributed by atoms with E-state index < -0.39 is 11.9 Å². The summed E-state index contributed by atoms with van der Waals surface area (Å²) in [5.41, 5.74) is 0.392. The summed E-state index contributed by atoms with van der Waals surface area (Å²) >= 11 is 0. The van der Waals surface area contributed by atoms with E-state index in [0.717, 1.165) is 0 Å². The van der Waals surface area contributed by atoms with Crippen LogP contribution in [0.15, 0.2) is 24.4 Å². The summed E-state index contributed by atoms with van der Waals surface area (Å²) in [5, 5.41) is 9.00. The third-order valence-corrected chi connectivity index (χ3v) is 2.35. The molecule has 2 aromatic heterocycles. The fraction of sp³-hybridized carbons (Fsp3) is 0.182. The quantitative estimate of drug-likeness (QED) is 0.792. The minimum Gasteiger partial charge on any atom is -0.476 e. The predicted molar refractivity (Wildman–Crippen MR) is 57.9 cm³/mol. The maximum atomic E-state index is 11.2. The highest BCUT2D eigenvalue weighted by Gasteiger charge is 2.17. The van der Waals surface area contributed by atoms with Gasteiger partial charge in [-0.15, -0.1) is 0 Å². The SMILES string of the molecule is COC(=O)Cc1nc(C(=O)O)c2ccccn12. The zero-order chi connectivity index (χ0) is 12.4. The molecule has 0 saturated heterocycles. The Labute approximate surface area is 96.5 Å². The number of carboxylic acid groups (broad SMARTS) is 1. The van der Waals surface area contributed by atoms with Crippen molar-refractivity contribution in [2.45, 2.75) is 6.42 Å². The summed E-state index contributed by atoms with van der Waals surface area (Å²) in [6.07, 6.45) is 1.60. The molecule has 0 bridgehead atoms. The lowest BCUT2D eigenvalue weighted by molar-refractivity contribution is -0.139. The summed E-state index contributed by atoms with van der Waals surface area (Å²) in [7, 11) is 1.27. The molecule has 0 saturated carbocycles. The molecular formula is C11H10N2O4. The van der Waals surface area contributed by atoms with Gasteiger partial charge < -0.3 is 14.2 Å². The molecule has 0 radical (unpaired) electrons. The molecule has 0 aromatic carbocycles. The van der Waals surface area contributed by atoms with E-state index in [9.17, 15) is 9.59 Å². The molecule has 2 aromatic rings. The fourth-order valence-electron chi connectivity index (χ4n) is 1.58. The first-order valence-electron chi connectivity index (χ1n) is 4.89. The summed E-state index contributed by atoms with van der Waals surface area (Å²) in [5.74, 6) is -1.23. The molecule has 0 aliphatic heterocycles. The Morgan fingerprint density at radius 2 is 2.24 bits per heavy atom. The van der Waals surface area contributed by atoms with E-state index >= 15 is 0 Å². The van der Waals surface area contributed by atoms with Gasteiger partial charge in [-0.2, -0.15) is 0 Å².